The molecule has 4 aromatic carbocycles. The summed E-state index contributed by atoms with van der Waals surface area (Å²) in [6, 6.07) is 18.9. The number of hydrogen-bond donors (Lipinski definition) is 2. The number of carbonyl (C=O) groups excluding carboxylic acids is 2. The second kappa shape index (κ2) is 23.5. The van der Waals surface area contributed by atoms with Gasteiger partial charge in [0, 0.05) is 56.0 Å². The predicted molar refractivity (Wildman–Crippen MR) is 334 cm³/mol. The quantitative estimate of drug-likeness (QED) is 0.0764. The third-order valence-electron chi connectivity index (χ3n) is 16.1. The molecule has 8 heterocycles. The normalized spacial score (nSPS) is 18.2. The van der Waals surface area contributed by atoms with Crippen LogP contribution in [0.3, 0.4) is 0 Å². The van der Waals surface area contributed by atoms with Crippen molar-refractivity contribution in [2.75, 3.05) is 59.2 Å². The topological polar surface area (TPSA) is 219 Å². The van der Waals surface area contributed by atoms with Gasteiger partial charge in [0.1, 0.15) is 29.0 Å². The number of carbonyl (C=O) groups is 2. The van der Waals surface area contributed by atoms with Crippen LogP contribution in [0.25, 0.3) is 43.5 Å². The fourth-order valence-electron chi connectivity index (χ4n) is 11.9. The molecule has 0 aliphatic carbocycles. The summed E-state index contributed by atoms with van der Waals surface area (Å²) in [6.07, 6.45) is 3.75. The van der Waals surface area contributed by atoms with E-state index < -0.39 is 22.8 Å². The lowest BCUT2D eigenvalue weighted by Crippen LogP contribution is -2.50. The van der Waals surface area contributed by atoms with E-state index in [1.165, 1.54) is 28.9 Å². The molecular formula is C62H61FN14O8S2. The number of fused-ring (bicyclic) bond motifs is 2. The maximum absolute atomic E-state index is 15.6. The fourth-order valence-corrected chi connectivity index (χ4v) is 12.8. The minimum Gasteiger partial charge on any atom is -0.493 e. The first-order chi connectivity index (χ1) is 41.9. The van der Waals surface area contributed by atoms with Gasteiger partial charge in [-0.05, 0) is 145 Å². The smallest absolute Gasteiger partial charge is 0.277 e. The zero-order valence-corrected chi connectivity index (χ0v) is 50.8. The lowest BCUT2D eigenvalue weighted by Gasteiger charge is -2.31. The van der Waals surface area contributed by atoms with Crippen molar-refractivity contribution < 1.29 is 32.9 Å². The lowest BCUT2D eigenvalue weighted by atomic mass is 9.95. The Bertz CT molecular complexity index is 4380. The van der Waals surface area contributed by atoms with Crippen molar-refractivity contribution in [3.05, 3.63) is 150 Å². The number of anilines is 4. The maximum Gasteiger partial charge on any atom is 0.277 e. The van der Waals surface area contributed by atoms with Crippen molar-refractivity contribution in [1.82, 2.24) is 39.2 Å². The highest BCUT2D eigenvalue weighted by Crippen LogP contribution is 2.47. The van der Waals surface area contributed by atoms with Crippen molar-refractivity contribution in [2.45, 2.75) is 105 Å². The molecule has 8 aromatic rings. The Hall–Kier alpha value is -9.27. The third kappa shape index (κ3) is 9.84. The highest BCUT2D eigenvalue weighted by molar-refractivity contribution is 7.81. The minimum atomic E-state index is -1.22. The molecule has 25 heteroatoms. The average molecular weight is 1210 g/mol. The molecule has 0 bridgehead atoms. The maximum atomic E-state index is 15.6. The second-order valence-corrected chi connectivity index (χ2v) is 22.2. The molecule has 446 valence electrons. The Morgan fingerprint density at radius 1 is 0.632 bits per heavy atom. The number of H-pyrrole nitrogens is 2. The molecular weight excluding hydrogens is 1150 g/mol. The van der Waals surface area contributed by atoms with E-state index >= 15 is 4.39 Å². The van der Waals surface area contributed by atoms with Crippen molar-refractivity contribution in [2.24, 2.45) is 0 Å². The Labute approximate surface area is 510 Å². The summed E-state index contributed by atoms with van der Waals surface area (Å²) in [4.78, 5) is 83.0. The number of amides is 2. The fraction of sp³-hybridized carbons (Fsp3) is 0.355. The van der Waals surface area contributed by atoms with Gasteiger partial charge in [-0.3, -0.25) is 29.0 Å². The van der Waals surface area contributed by atoms with Gasteiger partial charge in [-0.15, -0.1) is 10.2 Å². The molecule has 2 spiro atoms. The van der Waals surface area contributed by atoms with Crippen LogP contribution in [0.15, 0.2) is 76.3 Å². The van der Waals surface area contributed by atoms with Crippen molar-refractivity contribution in [1.29, 1.82) is 0 Å². The van der Waals surface area contributed by atoms with Gasteiger partial charge in [0.2, 0.25) is 0 Å². The van der Waals surface area contributed by atoms with Crippen LogP contribution in [0, 0.1) is 46.7 Å². The summed E-state index contributed by atoms with van der Waals surface area (Å²) < 4.78 is 42.2. The molecule has 4 fully saturated rings. The summed E-state index contributed by atoms with van der Waals surface area (Å²) in [7, 11) is 0. The molecule has 2 amide bonds. The summed E-state index contributed by atoms with van der Waals surface area (Å²) in [5.41, 5.74) is 3.37. The summed E-state index contributed by atoms with van der Waals surface area (Å²) in [5.74, 6) is 1.64. The number of imidazole rings is 2. The second-order valence-electron chi connectivity index (χ2n) is 21.5. The Morgan fingerprint density at radius 2 is 1.09 bits per heavy atom. The summed E-state index contributed by atoms with van der Waals surface area (Å²) in [5, 5.41) is 9.95. The van der Waals surface area contributed by atoms with Crippen LogP contribution in [0.5, 0.6) is 11.5 Å². The first-order valence-corrected chi connectivity index (χ1v) is 29.4. The molecule has 4 aliphatic heterocycles. The van der Waals surface area contributed by atoms with Gasteiger partial charge in [-0.2, -0.15) is 0 Å². The van der Waals surface area contributed by atoms with E-state index in [0.717, 1.165) is 18.4 Å². The van der Waals surface area contributed by atoms with Crippen LogP contribution < -0.4 is 40.2 Å². The molecule has 4 aromatic heterocycles. The minimum absolute atomic E-state index is 0.0276. The zero-order valence-electron chi connectivity index (χ0n) is 49.2. The lowest BCUT2D eigenvalue weighted by molar-refractivity contribution is -0.122. The molecule has 2 atom stereocenters. The molecule has 12 rings (SSSR count). The van der Waals surface area contributed by atoms with Gasteiger partial charge >= 0.3 is 0 Å². The number of aromatic nitrogens is 8. The number of aryl methyl sites for hydroxylation is 5. The van der Waals surface area contributed by atoms with Crippen molar-refractivity contribution >= 4 is 91.6 Å². The monoisotopic (exact) mass is 1210 g/mol. The number of ether oxygens (including phenoxy) is 4. The molecule has 2 unspecified atom stereocenters. The Balaban J connectivity index is 0.000000180. The molecule has 0 radical (unpaired) electrons. The van der Waals surface area contributed by atoms with Crippen molar-refractivity contribution in [3.8, 4) is 34.3 Å². The molecule has 4 saturated heterocycles. The molecule has 22 nitrogen and oxygen atoms in total. The van der Waals surface area contributed by atoms with E-state index in [9.17, 15) is 19.2 Å². The molecule has 2 N–H and O–H groups in total. The molecule has 4 aliphatic rings. The number of benzene rings is 4. The van der Waals surface area contributed by atoms with Gasteiger partial charge in [0.15, 0.2) is 55.4 Å². The summed E-state index contributed by atoms with van der Waals surface area (Å²) in [6.45, 7) is 31.1. The number of nitrogens with zero attached hydrogens (tertiary/aromatic N) is 12. The first kappa shape index (κ1) is 59.5. The van der Waals surface area contributed by atoms with Gasteiger partial charge in [0.25, 0.3) is 22.9 Å². The molecule has 87 heavy (non-hydrogen) atoms. The van der Waals surface area contributed by atoms with E-state index in [1.54, 1.807) is 70.2 Å². The summed E-state index contributed by atoms with van der Waals surface area (Å²) >= 11 is 11.9. The van der Waals surface area contributed by atoms with E-state index in [1.807, 2.05) is 51.7 Å². The number of thiocarbonyl (C=S) groups is 2. The van der Waals surface area contributed by atoms with Gasteiger partial charge in [-0.1, -0.05) is 26.0 Å². The third-order valence-corrected chi connectivity index (χ3v) is 16.8. The number of halogens is 1. The zero-order chi connectivity index (χ0) is 61.8. The Morgan fingerprint density at radius 3 is 1.53 bits per heavy atom. The number of hydrogen-bond acceptors (Lipinski definition) is 14. The SMILES string of the molecule is [C-]#[N+]c1ccc(N2C(=O)C3(CCOC3)N(c3ccc(OCC)c(-c4nn5c(CCC)nc(C)c5c(=O)[nH]4)c3)C2=S)c(F)c1C.[C-]#[N+]c1ccc(N2C(=O)C3(CCOC3)N(c3ccc(OCC)c(-c4nn5c(CCC)nc(C)c5c(=O)[nH]4)c3)C2=S)cc1C. The van der Waals surface area contributed by atoms with Crippen LogP contribution in [-0.2, 0) is 31.9 Å². The first-order valence-electron chi connectivity index (χ1n) is 28.6. The van der Waals surface area contributed by atoms with Crippen LogP contribution >= 0.6 is 24.4 Å². The Kier molecular flexibility index (Phi) is 16.1. The van der Waals surface area contributed by atoms with Gasteiger partial charge in [0.05, 0.1) is 67.8 Å². The van der Waals surface area contributed by atoms with E-state index in [0.29, 0.717) is 142 Å². The van der Waals surface area contributed by atoms with Crippen LogP contribution in [0.4, 0.5) is 38.5 Å². The highest BCUT2D eigenvalue weighted by atomic mass is 32.1. The number of aromatic amines is 2. The standard InChI is InChI=1S/C31H30FN7O4S.C31H31N7O4S/c1-6-8-24-34-18(4)26-28(40)35-27(36-39(24)26)20-15-19(9-12-23(20)43-7-2)38-30(44)37(29(41)31(38)13-14-42-16-31)22-11-10-21(33-5)17(3)25(22)32;1-6-8-25-33-19(4)26-28(39)34-27(35-38(25)26)22-16-21(10-12-24(22)42-7-2)37-30(43)36(29(40)31(37)13-14-41-17-31)20-9-11-23(32-5)18(3)15-20/h9-12,15H,6-8,13-14,16H2,1-4H3,(H,35,36,40);9-12,15-16H,6-8,13-14,17H2,1-4H3,(H,34,35,39). The number of nitrogens with one attached hydrogen (secondary N) is 2. The van der Waals surface area contributed by atoms with Crippen LogP contribution in [-0.4, -0.2) is 112 Å². The molecule has 0 saturated carbocycles. The van der Waals surface area contributed by atoms with Crippen molar-refractivity contribution in [3.63, 3.8) is 0 Å². The van der Waals surface area contributed by atoms with E-state index in [-0.39, 0.29) is 58.1 Å². The van der Waals surface area contributed by atoms with Crippen LogP contribution in [0.2, 0.25) is 0 Å². The average Bonchev–Trinajstić information content (AvgIpc) is 2.95. The van der Waals surface area contributed by atoms with Gasteiger partial charge < -0.3 is 38.7 Å². The number of rotatable bonds is 14. The highest BCUT2D eigenvalue weighted by Gasteiger charge is 2.60. The van der Waals surface area contributed by atoms with E-state index in [2.05, 4.69) is 29.6 Å². The largest absolute Gasteiger partial charge is 0.493 e. The van der Waals surface area contributed by atoms with Crippen LogP contribution in [0.1, 0.15) is 87.5 Å². The van der Waals surface area contributed by atoms with Gasteiger partial charge in [-0.25, -0.2) is 33.1 Å². The van der Waals surface area contributed by atoms with E-state index in [4.69, 9.17) is 66.7 Å². The predicted octanol–water partition coefficient (Wildman–Crippen LogP) is 9.94.